The third-order valence-corrected chi connectivity index (χ3v) is 1.60. The van der Waals surface area contributed by atoms with Crippen molar-refractivity contribution < 1.29 is 18.3 Å². The minimum atomic E-state index is -4.34. The summed E-state index contributed by atoms with van der Waals surface area (Å²) in [6.45, 7) is 0. The Morgan fingerprint density at radius 3 is 2.67 bits per heavy atom. The fraction of sp³-hybridized carbons (Fsp3) is 0.222. The van der Waals surface area contributed by atoms with E-state index in [0.29, 0.717) is 5.56 Å². The average Bonchev–Trinajstić information content (AvgIpc) is 2.09. The molecule has 0 aliphatic heterocycles. The van der Waals surface area contributed by atoms with Gasteiger partial charge in [0.2, 0.25) is 0 Å². The first-order chi connectivity index (χ1) is 6.88. The maximum atomic E-state index is 11.7. The van der Waals surface area contributed by atoms with Crippen molar-refractivity contribution in [2.45, 2.75) is 12.6 Å². The van der Waals surface area contributed by atoms with Gasteiger partial charge in [0.05, 0.1) is 0 Å². The second-order valence-electron chi connectivity index (χ2n) is 2.87. The number of allylic oxidation sites excluding steroid dienone is 2. The number of rotatable bonds is 2. The third-order valence-electron chi connectivity index (χ3n) is 1.60. The first-order valence-corrected chi connectivity index (χ1v) is 4.03. The number of aromatic hydroxyl groups is 1. The van der Waals surface area contributed by atoms with Gasteiger partial charge >= 0.3 is 6.18 Å². The maximum Gasteiger partial charge on any atom is 0.409 e. The number of pyridine rings is 1. The van der Waals surface area contributed by atoms with Gasteiger partial charge in [0.15, 0.2) is 5.75 Å². The molecule has 0 bridgehead atoms. The van der Waals surface area contributed by atoms with Gasteiger partial charge in [-0.15, -0.1) is 0 Å². The molecule has 1 rings (SSSR count). The van der Waals surface area contributed by atoms with Crippen molar-refractivity contribution in [2.75, 3.05) is 0 Å². The molecule has 0 unspecified atom stereocenters. The molecule has 3 nitrogen and oxygen atoms in total. The molecule has 2 N–H and O–H groups in total. The zero-order valence-corrected chi connectivity index (χ0v) is 7.51. The Morgan fingerprint density at radius 1 is 1.47 bits per heavy atom. The fourth-order valence-electron chi connectivity index (χ4n) is 0.961. The molecule has 0 aliphatic carbocycles. The largest absolute Gasteiger partial charge is 0.503 e. The van der Waals surface area contributed by atoms with Crippen molar-refractivity contribution >= 4 is 0 Å². The summed E-state index contributed by atoms with van der Waals surface area (Å²) < 4.78 is 35.1. The summed E-state index contributed by atoms with van der Waals surface area (Å²) in [5.74, 6) is -0.507. The van der Waals surface area contributed by atoms with Crippen molar-refractivity contribution in [3.63, 3.8) is 0 Å². The molecule has 0 spiro atoms. The summed E-state index contributed by atoms with van der Waals surface area (Å²) >= 11 is 0. The smallest absolute Gasteiger partial charge is 0.409 e. The first-order valence-electron chi connectivity index (χ1n) is 4.03. The van der Waals surface area contributed by atoms with Crippen molar-refractivity contribution in [1.82, 2.24) is 4.98 Å². The molecule has 0 saturated carbocycles. The van der Waals surface area contributed by atoms with Gasteiger partial charge in [0, 0.05) is 12.3 Å². The summed E-state index contributed by atoms with van der Waals surface area (Å²) in [5, 5.41) is 8.97. The molecular weight excluding hydrogens is 211 g/mol. The van der Waals surface area contributed by atoms with Crippen LogP contribution in [0.25, 0.3) is 0 Å². The SMILES string of the molecule is O=c1[nH]cc(C/C=C/C(F)(F)F)cc1O. The van der Waals surface area contributed by atoms with Crippen LogP contribution in [0.5, 0.6) is 5.75 Å². The quantitative estimate of drug-likeness (QED) is 0.744. The highest BCUT2D eigenvalue weighted by molar-refractivity contribution is 5.23. The highest BCUT2D eigenvalue weighted by atomic mass is 19.4. The minimum absolute atomic E-state index is 0.0101. The second kappa shape index (κ2) is 4.20. The number of aromatic nitrogens is 1. The van der Waals surface area contributed by atoms with Crippen molar-refractivity contribution in [2.24, 2.45) is 0 Å². The zero-order valence-electron chi connectivity index (χ0n) is 7.51. The number of hydrogen-bond donors (Lipinski definition) is 2. The van der Waals surface area contributed by atoms with Crippen LogP contribution in [0.3, 0.4) is 0 Å². The number of nitrogens with one attached hydrogen (secondary N) is 1. The van der Waals surface area contributed by atoms with Crippen LogP contribution in [-0.2, 0) is 6.42 Å². The van der Waals surface area contributed by atoms with E-state index in [9.17, 15) is 18.0 Å². The van der Waals surface area contributed by atoms with Gasteiger partial charge in [-0.2, -0.15) is 13.2 Å². The molecule has 0 radical (unpaired) electrons. The lowest BCUT2D eigenvalue weighted by Gasteiger charge is -1.99. The van der Waals surface area contributed by atoms with Crippen LogP contribution in [0.15, 0.2) is 29.2 Å². The molecule has 0 atom stereocenters. The molecular formula is C9H8F3NO2. The lowest BCUT2D eigenvalue weighted by atomic mass is 10.2. The highest BCUT2D eigenvalue weighted by Crippen LogP contribution is 2.16. The predicted molar refractivity (Wildman–Crippen MR) is 47.6 cm³/mol. The average molecular weight is 219 g/mol. The van der Waals surface area contributed by atoms with Gasteiger partial charge in [0.25, 0.3) is 5.56 Å². The summed E-state index contributed by atoms with van der Waals surface area (Å²) in [7, 11) is 0. The van der Waals surface area contributed by atoms with Crippen LogP contribution >= 0.6 is 0 Å². The molecule has 0 saturated heterocycles. The molecule has 82 valence electrons. The highest BCUT2D eigenvalue weighted by Gasteiger charge is 2.21. The van der Waals surface area contributed by atoms with E-state index < -0.39 is 17.5 Å². The Labute approximate surface area is 82.9 Å². The Balaban J connectivity index is 2.71. The molecule has 15 heavy (non-hydrogen) atoms. The second-order valence-corrected chi connectivity index (χ2v) is 2.87. The third kappa shape index (κ3) is 3.88. The van der Waals surface area contributed by atoms with Crippen molar-refractivity contribution in [3.8, 4) is 5.75 Å². The molecule has 1 heterocycles. The topological polar surface area (TPSA) is 53.1 Å². The Kier molecular flexibility index (Phi) is 3.18. The van der Waals surface area contributed by atoms with E-state index >= 15 is 0 Å². The van der Waals surface area contributed by atoms with E-state index in [4.69, 9.17) is 5.11 Å². The summed E-state index contributed by atoms with van der Waals surface area (Å²) in [4.78, 5) is 12.9. The van der Waals surface area contributed by atoms with E-state index in [2.05, 4.69) is 4.98 Å². The predicted octanol–water partition coefficient (Wildman–Crippen LogP) is 1.74. The van der Waals surface area contributed by atoms with E-state index in [1.54, 1.807) is 0 Å². The van der Waals surface area contributed by atoms with Crippen LogP contribution < -0.4 is 5.56 Å². The number of H-pyrrole nitrogens is 1. The molecule has 1 aromatic rings. The summed E-state index contributed by atoms with van der Waals surface area (Å²) in [5.41, 5.74) is -0.272. The lowest BCUT2D eigenvalue weighted by molar-refractivity contribution is -0.0800. The van der Waals surface area contributed by atoms with E-state index in [1.165, 1.54) is 6.20 Å². The summed E-state index contributed by atoms with van der Waals surface area (Å²) in [6.07, 6.45) is -2.08. The standard InChI is InChI=1S/C9H8F3NO2/c10-9(11,12)3-1-2-6-4-7(14)8(15)13-5-6/h1,3-5,14H,2H2,(H,13,15)/b3-1+. The van der Waals surface area contributed by atoms with E-state index in [0.717, 1.165) is 12.1 Å². The van der Waals surface area contributed by atoms with Gasteiger partial charge < -0.3 is 10.1 Å². The van der Waals surface area contributed by atoms with Crippen molar-refractivity contribution in [3.05, 3.63) is 40.3 Å². The molecule has 0 aliphatic rings. The van der Waals surface area contributed by atoms with Crippen LogP contribution in [0.1, 0.15) is 5.56 Å². The van der Waals surface area contributed by atoms with Crippen LogP contribution in [0.4, 0.5) is 13.2 Å². The van der Waals surface area contributed by atoms with Crippen LogP contribution in [0, 0.1) is 0 Å². The van der Waals surface area contributed by atoms with Crippen LogP contribution in [-0.4, -0.2) is 16.3 Å². The van der Waals surface area contributed by atoms with Gasteiger partial charge in [-0.05, 0) is 18.1 Å². The van der Waals surface area contributed by atoms with Crippen molar-refractivity contribution in [1.29, 1.82) is 0 Å². The van der Waals surface area contributed by atoms with Crippen LogP contribution in [0.2, 0.25) is 0 Å². The Hall–Kier alpha value is -1.72. The normalized spacial score (nSPS) is 12.2. The van der Waals surface area contributed by atoms with E-state index in [1.807, 2.05) is 0 Å². The Bertz CT molecular complexity index is 420. The summed E-state index contributed by atoms with van der Waals surface area (Å²) in [6, 6.07) is 1.12. The Morgan fingerprint density at radius 2 is 2.13 bits per heavy atom. The van der Waals surface area contributed by atoms with E-state index in [-0.39, 0.29) is 12.5 Å². The molecule has 0 aromatic carbocycles. The number of halogens is 3. The first kappa shape index (κ1) is 11.4. The van der Waals surface area contributed by atoms with Gasteiger partial charge in [0.1, 0.15) is 0 Å². The van der Waals surface area contributed by atoms with Gasteiger partial charge in [-0.3, -0.25) is 4.79 Å². The monoisotopic (exact) mass is 219 g/mol. The molecule has 0 fully saturated rings. The fourth-order valence-corrected chi connectivity index (χ4v) is 0.961. The number of alkyl halides is 3. The van der Waals surface area contributed by atoms with Gasteiger partial charge in [-0.1, -0.05) is 6.08 Å². The number of aromatic amines is 1. The minimum Gasteiger partial charge on any atom is -0.503 e. The molecule has 0 amide bonds. The number of hydrogen-bond acceptors (Lipinski definition) is 2. The zero-order chi connectivity index (χ0) is 11.5. The molecule has 6 heteroatoms. The maximum absolute atomic E-state index is 11.7. The van der Waals surface area contributed by atoms with Gasteiger partial charge in [-0.25, -0.2) is 0 Å². The lowest BCUT2D eigenvalue weighted by Crippen LogP contribution is -2.05. The molecule has 1 aromatic heterocycles.